The molecule has 0 fully saturated rings. The van der Waals surface area contributed by atoms with Gasteiger partial charge in [-0.3, -0.25) is 9.59 Å². The summed E-state index contributed by atoms with van der Waals surface area (Å²) in [6, 6.07) is 12.8. The van der Waals surface area contributed by atoms with Crippen LogP contribution in [0, 0.1) is 0 Å². The van der Waals surface area contributed by atoms with Gasteiger partial charge in [0.2, 0.25) is 11.8 Å². The number of amides is 2. The molecule has 2 aromatic carbocycles. The van der Waals surface area contributed by atoms with Crippen molar-refractivity contribution in [3.8, 4) is 11.5 Å². The molecule has 3 rings (SSSR count). The highest BCUT2D eigenvalue weighted by atomic mass is 35.5. The molecule has 7 heteroatoms. The summed E-state index contributed by atoms with van der Waals surface area (Å²) in [5, 5.41) is 3.38. The SMILES string of the molecule is CCOc1ccc(CNC(=O)CCC(=O)N2C[C@@H](C)Oc3ccc(Cl)cc32)cc1. The van der Waals surface area contributed by atoms with Gasteiger partial charge in [0.15, 0.2) is 0 Å². The minimum absolute atomic E-state index is 0.119. The fourth-order valence-electron chi connectivity index (χ4n) is 3.16. The molecular weight excluding hydrogens is 392 g/mol. The van der Waals surface area contributed by atoms with Gasteiger partial charge >= 0.3 is 0 Å². The van der Waals surface area contributed by atoms with E-state index >= 15 is 0 Å². The Hall–Kier alpha value is -2.73. The number of fused-ring (bicyclic) bond motifs is 1. The van der Waals surface area contributed by atoms with Gasteiger partial charge in [-0.25, -0.2) is 0 Å². The van der Waals surface area contributed by atoms with E-state index in [2.05, 4.69) is 5.32 Å². The van der Waals surface area contributed by atoms with Crippen molar-refractivity contribution >= 4 is 29.1 Å². The van der Waals surface area contributed by atoms with Crippen LogP contribution in [0.3, 0.4) is 0 Å². The Morgan fingerprint density at radius 1 is 1.21 bits per heavy atom. The van der Waals surface area contributed by atoms with Gasteiger partial charge in [0.25, 0.3) is 0 Å². The molecule has 0 aliphatic carbocycles. The summed E-state index contributed by atoms with van der Waals surface area (Å²) in [6.45, 7) is 5.29. The van der Waals surface area contributed by atoms with Crippen LogP contribution in [0.4, 0.5) is 5.69 Å². The summed E-state index contributed by atoms with van der Waals surface area (Å²) in [6.07, 6.45) is 0.117. The van der Waals surface area contributed by atoms with Gasteiger partial charge < -0.3 is 19.7 Å². The molecule has 0 bridgehead atoms. The van der Waals surface area contributed by atoms with Crippen molar-refractivity contribution in [2.75, 3.05) is 18.1 Å². The van der Waals surface area contributed by atoms with E-state index in [1.807, 2.05) is 38.1 Å². The zero-order valence-electron chi connectivity index (χ0n) is 16.6. The Kier molecular flexibility index (Phi) is 6.99. The number of carbonyl (C=O) groups is 2. The Balaban J connectivity index is 1.51. The van der Waals surface area contributed by atoms with Crippen molar-refractivity contribution < 1.29 is 19.1 Å². The van der Waals surface area contributed by atoms with Crippen LogP contribution in [-0.2, 0) is 16.1 Å². The lowest BCUT2D eigenvalue weighted by Crippen LogP contribution is -2.42. The number of nitrogens with zero attached hydrogens (tertiary/aromatic N) is 1. The van der Waals surface area contributed by atoms with E-state index in [0.29, 0.717) is 36.2 Å². The Morgan fingerprint density at radius 2 is 1.97 bits per heavy atom. The summed E-state index contributed by atoms with van der Waals surface area (Å²) in [5.41, 5.74) is 1.62. The van der Waals surface area contributed by atoms with Gasteiger partial charge in [-0.2, -0.15) is 0 Å². The number of hydrogen-bond acceptors (Lipinski definition) is 4. The van der Waals surface area contributed by atoms with Gasteiger partial charge in [-0.15, -0.1) is 0 Å². The lowest BCUT2D eigenvalue weighted by Gasteiger charge is -2.33. The fraction of sp³-hybridized carbons (Fsp3) is 0.364. The maximum absolute atomic E-state index is 12.7. The maximum atomic E-state index is 12.7. The van der Waals surface area contributed by atoms with Crippen LogP contribution in [-0.4, -0.2) is 31.1 Å². The first-order valence-electron chi connectivity index (χ1n) is 9.71. The third kappa shape index (κ3) is 5.64. The number of ether oxygens (including phenoxy) is 2. The van der Waals surface area contributed by atoms with Crippen molar-refractivity contribution in [2.45, 2.75) is 39.3 Å². The molecule has 1 aliphatic rings. The second-order valence-corrected chi connectivity index (χ2v) is 7.33. The number of carbonyl (C=O) groups excluding carboxylic acids is 2. The predicted molar refractivity (Wildman–Crippen MR) is 113 cm³/mol. The van der Waals surface area contributed by atoms with Crippen molar-refractivity contribution in [3.05, 3.63) is 53.1 Å². The van der Waals surface area contributed by atoms with E-state index in [0.717, 1.165) is 11.3 Å². The molecule has 154 valence electrons. The van der Waals surface area contributed by atoms with Crippen LogP contribution >= 0.6 is 11.6 Å². The summed E-state index contributed by atoms with van der Waals surface area (Å²) in [5.74, 6) is 1.13. The number of benzene rings is 2. The zero-order valence-corrected chi connectivity index (χ0v) is 17.4. The first-order chi connectivity index (χ1) is 14.0. The highest BCUT2D eigenvalue weighted by molar-refractivity contribution is 6.31. The lowest BCUT2D eigenvalue weighted by atomic mass is 10.1. The maximum Gasteiger partial charge on any atom is 0.227 e. The van der Waals surface area contributed by atoms with E-state index in [-0.39, 0.29) is 30.8 Å². The average Bonchev–Trinajstić information content (AvgIpc) is 2.71. The summed E-state index contributed by atoms with van der Waals surface area (Å²) in [4.78, 5) is 26.6. The Bertz CT molecular complexity index is 870. The molecule has 1 aliphatic heterocycles. The molecule has 0 saturated carbocycles. The molecule has 1 N–H and O–H groups in total. The van der Waals surface area contributed by atoms with Crippen molar-refractivity contribution in [1.82, 2.24) is 5.32 Å². The minimum Gasteiger partial charge on any atom is -0.494 e. The highest BCUT2D eigenvalue weighted by Gasteiger charge is 2.27. The Morgan fingerprint density at radius 3 is 2.69 bits per heavy atom. The normalized spacial score (nSPS) is 15.3. The molecule has 0 unspecified atom stereocenters. The van der Waals surface area contributed by atoms with Crippen LogP contribution in [0.1, 0.15) is 32.3 Å². The largest absolute Gasteiger partial charge is 0.494 e. The third-order valence-corrected chi connectivity index (χ3v) is 4.81. The smallest absolute Gasteiger partial charge is 0.227 e. The third-order valence-electron chi connectivity index (χ3n) is 4.57. The van der Waals surface area contributed by atoms with E-state index in [1.54, 1.807) is 23.1 Å². The first-order valence-corrected chi connectivity index (χ1v) is 10.1. The van der Waals surface area contributed by atoms with E-state index in [1.165, 1.54) is 0 Å². The van der Waals surface area contributed by atoms with Gasteiger partial charge in [0.05, 0.1) is 18.8 Å². The van der Waals surface area contributed by atoms with Gasteiger partial charge in [-0.05, 0) is 49.7 Å². The minimum atomic E-state index is -0.167. The topological polar surface area (TPSA) is 67.9 Å². The van der Waals surface area contributed by atoms with Crippen LogP contribution in [0.2, 0.25) is 5.02 Å². The van der Waals surface area contributed by atoms with Gasteiger partial charge in [0, 0.05) is 24.4 Å². The second-order valence-electron chi connectivity index (χ2n) is 6.90. The van der Waals surface area contributed by atoms with Crippen LogP contribution < -0.4 is 19.7 Å². The molecule has 29 heavy (non-hydrogen) atoms. The molecule has 0 radical (unpaired) electrons. The monoisotopic (exact) mass is 416 g/mol. The first kappa shape index (κ1) is 21.0. The summed E-state index contributed by atoms with van der Waals surface area (Å²) in [7, 11) is 0. The molecule has 0 saturated heterocycles. The molecule has 0 spiro atoms. The molecule has 2 amide bonds. The van der Waals surface area contributed by atoms with Crippen LogP contribution in [0.5, 0.6) is 11.5 Å². The standard InChI is InChI=1S/C22H25ClN2O4/c1-3-28-18-7-4-16(5-8-18)13-24-21(26)10-11-22(27)25-14-15(2)29-20-9-6-17(23)12-19(20)25/h4-9,12,15H,3,10-11,13-14H2,1-2H3,(H,24,26)/t15-/m1/s1. The van der Waals surface area contributed by atoms with E-state index in [9.17, 15) is 9.59 Å². The predicted octanol–water partition coefficient (Wildman–Crippen LogP) is 3.95. The van der Waals surface area contributed by atoms with Gasteiger partial charge in [0.1, 0.15) is 17.6 Å². The molecule has 1 atom stereocenters. The quantitative estimate of drug-likeness (QED) is 0.742. The van der Waals surface area contributed by atoms with Crippen molar-refractivity contribution in [2.24, 2.45) is 0 Å². The molecule has 2 aromatic rings. The average molecular weight is 417 g/mol. The highest BCUT2D eigenvalue weighted by Crippen LogP contribution is 2.36. The van der Waals surface area contributed by atoms with Crippen molar-refractivity contribution in [1.29, 1.82) is 0 Å². The van der Waals surface area contributed by atoms with Gasteiger partial charge in [-0.1, -0.05) is 23.7 Å². The molecular formula is C22H25ClN2O4. The summed E-state index contributed by atoms with van der Waals surface area (Å²) >= 11 is 6.07. The van der Waals surface area contributed by atoms with E-state index in [4.69, 9.17) is 21.1 Å². The molecule has 1 heterocycles. The number of rotatable bonds is 7. The number of anilines is 1. The number of nitrogens with one attached hydrogen (secondary N) is 1. The summed E-state index contributed by atoms with van der Waals surface area (Å²) < 4.78 is 11.2. The fourth-order valence-corrected chi connectivity index (χ4v) is 3.33. The lowest BCUT2D eigenvalue weighted by molar-refractivity contribution is -0.125. The van der Waals surface area contributed by atoms with E-state index < -0.39 is 0 Å². The number of halogens is 1. The zero-order chi connectivity index (χ0) is 20.8. The second kappa shape index (κ2) is 9.65. The molecule has 0 aromatic heterocycles. The van der Waals surface area contributed by atoms with Crippen LogP contribution in [0.15, 0.2) is 42.5 Å². The van der Waals surface area contributed by atoms with Crippen LogP contribution in [0.25, 0.3) is 0 Å². The number of hydrogen-bond donors (Lipinski definition) is 1. The Labute approximate surface area is 175 Å². The van der Waals surface area contributed by atoms with Crippen molar-refractivity contribution in [3.63, 3.8) is 0 Å². The molecule has 6 nitrogen and oxygen atoms in total.